The fraction of sp³-hybridized carbons (Fsp3) is 0.308. The number of carbonyl (C=O) groups excluding carboxylic acids is 2. The highest BCUT2D eigenvalue weighted by atomic mass is 79.9. The van der Waals surface area contributed by atoms with Crippen LogP contribution in [0.25, 0.3) is 0 Å². The minimum absolute atomic E-state index is 0.234. The maximum Gasteiger partial charge on any atom is 0.391 e. The molecule has 0 aliphatic carbocycles. The number of carboxylic acid groups (broad SMARTS) is 1. The minimum atomic E-state index is -4.74. The van der Waals surface area contributed by atoms with Crippen molar-refractivity contribution in [2.45, 2.75) is 18.6 Å². The Labute approximate surface area is 137 Å². The van der Waals surface area contributed by atoms with Crippen molar-refractivity contribution in [3.63, 3.8) is 0 Å². The standard InChI is InChI=1S/C13H12BrF3N2O4/c14-8-3-1-2-7(4-8)11(21)18-6-10(20)19-9(12(22)23)5-13(15,16)17/h1-4,9H,5-6H2,(H,18,21)(H,19,20)(H,22,23). The molecule has 2 amide bonds. The van der Waals surface area contributed by atoms with Gasteiger partial charge in [-0.05, 0) is 18.2 Å². The predicted molar refractivity (Wildman–Crippen MR) is 76.7 cm³/mol. The molecule has 1 aromatic rings. The monoisotopic (exact) mass is 396 g/mol. The lowest BCUT2D eigenvalue weighted by Crippen LogP contribution is -2.47. The van der Waals surface area contributed by atoms with E-state index in [2.05, 4.69) is 21.2 Å². The Bertz CT molecular complexity index is 607. The van der Waals surface area contributed by atoms with Gasteiger partial charge in [0, 0.05) is 10.0 Å². The Morgan fingerprint density at radius 2 is 1.91 bits per heavy atom. The van der Waals surface area contributed by atoms with E-state index in [0.29, 0.717) is 4.47 Å². The first-order valence-corrected chi connectivity index (χ1v) is 7.00. The second kappa shape index (κ2) is 7.95. The van der Waals surface area contributed by atoms with Gasteiger partial charge in [0.25, 0.3) is 5.91 Å². The van der Waals surface area contributed by atoms with E-state index in [-0.39, 0.29) is 5.56 Å². The summed E-state index contributed by atoms with van der Waals surface area (Å²) in [5, 5.41) is 12.6. The zero-order chi connectivity index (χ0) is 17.6. The molecule has 0 fully saturated rings. The molecule has 23 heavy (non-hydrogen) atoms. The second-order valence-electron chi connectivity index (χ2n) is 4.47. The van der Waals surface area contributed by atoms with E-state index >= 15 is 0 Å². The van der Waals surface area contributed by atoms with Gasteiger partial charge in [0.15, 0.2) is 0 Å². The highest BCUT2D eigenvalue weighted by Gasteiger charge is 2.36. The molecule has 0 spiro atoms. The van der Waals surface area contributed by atoms with Crippen molar-refractivity contribution >= 4 is 33.7 Å². The molecule has 0 radical (unpaired) electrons. The average molecular weight is 397 g/mol. The number of carboxylic acids is 1. The molecule has 3 N–H and O–H groups in total. The summed E-state index contributed by atoms with van der Waals surface area (Å²) in [5.74, 6) is -3.47. The highest BCUT2D eigenvalue weighted by Crippen LogP contribution is 2.21. The summed E-state index contributed by atoms with van der Waals surface area (Å²) in [7, 11) is 0. The third-order valence-corrected chi connectivity index (χ3v) is 3.06. The molecule has 0 aliphatic heterocycles. The van der Waals surface area contributed by atoms with Crippen molar-refractivity contribution in [1.29, 1.82) is 0 Å². The van der Waals surface area contributed by atoms with Crippen molar-refractivity contribution in [3.8, 4) is 0 Å². The number of aliphatic carboxylic acids is 1. The lowest BCUT2D eigenvalue weighted by Gasteiger charge is -2.16. The molecule has 0 bridgehead atoms. The van der Waals surface area contributed by atoms with Crippen LogP contribution in [0.15, 0.2) is 28.7 Å². The van der Waals surface area contributed by atoms with E-state index in [1.807, 2.05) is 0 Å². The summed E-state index contributed by atoms with van der Waals surface area (Å²) in [6.07, 6.45) is -6.44. The minimum Gasteiger partial charge on any atom is -0.480 e. The van der Waals surface area contributed by atoms with Crippen LogP contribution in [0.2, 0.25) is 0 Å². The number of benzene rings is 1. The first-order valence-electron chi connectivity index (χ1n) is 6.21. The number of alkyl halides is 3. The van der Waals surface area contributed by atoms with E-state index in [4.69, 9.17) is 5.11 Å². The lowest BCUT2D eigenvalue weighted by atomic mass is 10.2. The van der Waals surface area contributed by atoms with Crippen LogP contribution in [-0.4, -0.2) is 41.7 Å². The van der Waals surface area contributed by atoms with E-state index in [1.54, 1.807) is 17.4 Å². The molecule has 0 saturated heterocycles. The smallest absolute Gasteiger partial charge is 0.391 e. The van der Waals surface area contributed by atoms with Gasteiger partial charge < -0.3 is 15.7 Å². The van der Waals surface area contributed by atoms with Gasteiger partial charge in [-0.25, -0.2) is 4.79 Å². The maximum atomic E-state index is 12.2. The molecule has 0 aromatic heterocycles. The third kappa shape index (κ3) is 7.13. The number of rotatable bonds is 6. The first-order chi connectivity index (χ1) is 10.6. The Kier molecular flexibility index (Phi) is 6.55. The van der Waals surface area contributed by atoms with Crippen LogP contribution < -0.4 is 10.6 Å². The van der Waals surface area contributed by atoms with Crippen LogP contribution in [-0.2, 0) is 9.59 Å². The summed E-state index contributed by atoms with van der Waals surface area (Å²) in [4.78, 5) is 33.9. The number of hydrogen-bond donors (Lipinski definition) is 3. The van der Waals surface area contributed by atoms with Crippen LogP contribution in [0.1, 0.15) is 16.8 Å². The Hall–Kier alpha value is -2.10. The van der Waals surface area contributed by atoms with Crippen LogP contribution in [0.4, 0.5) is 13.2 Å². The summed E-state index contributed by atoms with van der Waals surface area (Å²) < 4.78 is 37.2. The van der Waals surface area contributed by atoms with Crippen molar-refractivity contribution in [1.82, 2.24) is 10.6 Å². The van der Waals surface area contributed by atoms with Gasteiger partial charge in [0.2, 0.25) is 5.91 Å². The predicted octanol–water partition coefficient (Wildman–Crippen LogP) is 1.70. The zero-order valence-corrected chi connectivity index (χ0v) is 13.1. The average Bonchev–Trinajstić information content (AvgIpc) is 2.42. The summed E-state index contributed by atoms with van der Waals surface area (Å²) in [6, 6.07) is 4.12. The summed E-state index contributed by atoms with van der Waals surface area (Å²) >= 11 is 3.16. The normalized spacial score (nSPS) is 12.3. The fourth-order valence-electron chi connectivity index (χ4n) is 1.57. The molecule has 1 atom stereocenters. The second-order valence-corrected chi connectivity index (χ2v) is 5.39. The Morgan fingerprint density at radius 3 is 2.43 bits per heavy atom. The van der Waals surface area contributed by atoms with Crippen molar-refractivity contribution < 1.29 is 32.7 Å². The lowest BCUT2D eigenvalue weighted by molar-refractivity contribution is -0.159. The largest absolute Gasteiger partial charge is 0.480 e. The molecule has 0 heterocycles. The van der Waals surface area contributed by atoms with Crippen molar-refractivity contribution in [2.75, 3.05) is 6.54 Å². The third-order valence-electron chi connectivity index (χ3n) is 2.57. The maximum absolute atomic E-state index is 12.2. The number of hydrogen-bond acceptors (Lipinski definition) is 3. The summed E-state index contributed by atoms with van der Waals surface area (Å²) in [5.41, 5.74) is 0.234. The van der Waals surface area contributed by atoms with Gasteiger partial charge in [-0.2, -0.15) is 13.2 Å². The number of halogens is 4. The SMILES string of the molecule is O=C(CNC(=O)c1cccc(Br)c1)NC(CC(F)(F)F)C(=O)O. The van der Waals surface area contributed by atoms with Gasteiger partial charge in [0.1, 0.15) is 6.04 Å². The zero-order valence-electron chi connectivity index (χ0n) is 11.5. The Morgan fingerprint density at radius 1 is 1.26 bits per heavy atom. The van der Waals surface area contributed by atoms with E-state index in [9.17, 15) is 27.6 Å². The van der Waals surface area contributed by atoms with Crippen LogP contribution in [0, 0.1) is 0 Å². The van der Waals surface area contributed by atoms with Gasteiger partial charge >= 0.3 is 12.1 Å². The topological polar surface area (TPSA) is 95.5 Å². The van der Waals surface area contributed by atoms with Crippen molar-refractivity contribution in [2.24, 2.45) is 0 Å². The molecule has 1 rings (SSSR count). The van der Waals surface area contributed by atoms with Gasteiger partial charge in [0.05, 0.1) is 13.0 Å². The molecular formula is C13H12BrF3N2O4. The van der Waals surface area contributed by atoms with E-state index < -0.39 is 43.0 Å². The van der Waals surface area contributed by atoms with Crippen molar-refractivity contribution in [3.05, 3.63) is 34.3 Å². The Balaban J connectivity index is 2.55. The molecule has 0 saturated carbocycles. The molecule has 0 aliphatic rings. The van der Waals surface area contributed by atoms with E-state index in [0.717, 1.165) is 0 Å². The molecule has 126 valence electrons. The first kappa shape index (κ1) is 18.9. The molecule has 6 nitrogen and oxygen atoms in total. The van der Waals surface area contributed by atoms with Crippen LogP contribution in [0.3, 0.4) is 0 Å². The van der Waals surface area contributed by atoms with Crippen LogP contribution >= 0.6 is 15.9 Å². The molecular weight excluding hydrogens is 385 g/mol. The van der Waals surface area contributed by atoms with Gasteiger partial charge in [-0.1, -0.05) is 22.0 Å². The van der Waals surface area contributed by atoms with E-state index in [1.165, 1.54) is 12.1 Å². The summed E-state index contributed by atoms with van der Waals surface area (Å²) in [6.45, 7) is -0.646. The molecule has 10 heteroatoms. The number of nitrogens with one attached hydrogen (secondary N) is 2. The highest BCUT2D eigenvalue weighted by molar-refractivity contribution is 9.10. The fourth-order valence-corrected chi connectivity index (χ4v) is 1.97. The molecule has 1 unspecified atom stereocenters. The molecule has 1 aromatic carbocycles. The number of amides is 2. The quantitative estimate of drug-likeness (QED) is 0.681. The van der Waals surface area contributed by atoms with Gasteiger partial charge in [-0.15, -0.1) is 0 Å². The van der Waals surface area contributed by atoms with Crippen LogP contribution in [0.5, 0.6) is 0 Å². The number of carbonyl (C=O) groups is 3. The van der Waals surface area contributed by atoms with Gasteiger partial charge in [-0.3, -0.25) is 9.59 Å².